The summed E-state index contributed by atoms with van der Waals surface area (Å²) in [6.07, 6.45) is 0.891. The molecule has 160 valence electrons. The number of aryl methyl sites for hydroxylation is 1. The molecule has 0 radical (unpaired) electrons. The number of rotatable bonds is 6. The Morgan fingerprint density at radius 2 is 1.86 bits per heavy atom. The van der Waals surface area contributed by atoms with Gasteiger partial charge >= 0.3 is 0 Å². The van der Waals surface area contributed by atoms with Crippen molar-refractivity contribution in [3.05, 3.63) is 41.2 Å². The summed E-state index contributed by atoms with van der Waals surface area (Å²) < 4.78 is 4.41. The number of benzene rings is 1. The first kappa shape index (κ1) is 23.8. The fourth-order valence-corrected chi connectivity index (χ4v) is 4.16. The van der Waals surface area contributed by atoms with E-state index in [1.165, 1.54) is 22.7 Å². The first-order chi connectivity index (χ1) is 13.6. The second-order valence-corrected chi connectivity index (χ2v) is 7.96. The zero-order chi connectivity index (χ0) is 19.9. The molecule has 1 aliphatic rings. The van der Waals surface area contributed by atoms with Crippen molar-refractivity contribution in [3.8, 4) is 0 Å². The molecule has 0 aliphatic carbocycles. The molecule has 2 heterocycles. The van der Waals surface area contributed by atoms with Crippen molar-refractivity contribution < 1.29 is 0 Å². The maximum absolute atomic E-state index is 4.62. The fourth-order valence-electron chi connectivity index (χ4n) is 3.36. The highest BCUT2D eigenvalue weighted by atomic mass is 127. The molecule has 0 amide bonds. The molecule has 1 aromatic carbocycles. The van der Waals surface area contributed by atoms with Crippen LogP contribution in [-0.4, -0.2) is 72.4 Å². The van der Waals surface area contributed by atoms with Crippen LogP contribution in [-0.2, 0) is 19.5 Å². The van der Waals surface area contributed by atoms with Crippen LogP contribution >= 0.6 is 35.5 Å². The molecule has 1 saturated heterocycles. The molecule has 1 aromatic heterocycles. The quantitative estimate of drug-likeness (QED) is 0.353. The molecular formula is C20H32IN7S. The van der Waals surface area contributed by atoms with Crippen molar-refractivity contribution in [3.63, 3.8) is 0 Å². The highest BCUT2D eigenvalue weighted by Crippen LogP contribution is 2.19. The van der Waals surface area contributed by atoms with Gasteiger partial charge in [-0.05, 0) is 25.2 Å². The first-order valence-electron chi connectivity index (χ1n) is 9.85. The Morgan fingerprint density at radius 1 is 1.17 bits per heavy atom. The van der Waals surface area contributed by atoms with Gasteiger partial charge in [-0.3, -0.25) is 4.99 Å². The fraction of sp³-hybridized carbons (Fsp3) is 0.550. The summed E-state index contributed by atoms with van der Waals surface area (Å²) in [7, 11) is 6.06. The summed E-state index contributed by atoms with van der Waals surface area (Å²) in [6, 6.07) is 8.60. The standard InChI is InChI=1S/C20H31N7S.HI/c1-5-18-23-20(28-24-18)27-12-10-26(11-13-27)19(21-2)22-14-16-8-6-7-9-17(16)15-25(3)4;/h6-9H,5,10-15H2,1-4H3,(H,21,22);1H. The van der Waals surface area contributed by atoms with Crippen molar-refractivity contribution in [2.24, 2.45) is 4.99 Å². The average Bonchev–Trinajstić information content (AvgIpc) is 3.19. The number of piperazine rings is 1. The monoisotopic (exact) mass is 529 g/mol. The molecule has 2 aromatic rings. The average molecular weight is 529 g/mol. The Balaban J connectivity index is 0.00000300. The number of hydrogen-bond acceptors (Lipinski definition) is 6. The zero-order valence-electron chi connectivity index (χ0n) is 17.8. The second-order valence-electron chi connectivity index (χ2n) is 7.23. The third-order valence-electron chi connectivity index (χ3n) is 4.88. The van der Waals surface area contributed by atoms with Gasteiger partial charge in [0, 0.05) is 64.3 Å². The molecule has 0 atom stereocenters. The predicted molar refractivity (Wildman–Crippen MR) is 133 cm³/mol. The van der Waals surface area contributed by atoms with Crippen molar-refractivity contribution in [2.45, 2.75) is 26.4 Å². The van der Waals surface area contributed by atoms with Gasteiger partial charge in [0.25, 0.3) is 0 Å². The Bertz CT molecular complexity index is 785. The van der Waals surface area contributed by atoms with E-state index in [0.717, 1.165) is 62.6 Å². The van der Waals surface area contributed by atoms with Gasteiger partial charge in [-0.1, -0.05) is 31.2 Å². The molecule has 9 heteroatoms. The Labute approximate surface area is 195 Å². The lowest BCUT2D eigenvalue weighted by Gasteiger charge is -2.36. The van der Waals surface area contributed by atoms with Gasteiger partial charge in [0.2, 0.25) is 5.13 Å². The van der Waals surface area contributed by atoms with E-state index in [1.807, 2.05) is 7.05 Å². The van der Waals surface area contributed by atoms with E-state index in [2.05, 4.69) is 79.7 Å². The van der Waals surface area contributed by atoms with Crippen LogP contribution in [0.5, 0.6) is 0 Å². The normalized spacial score (nSPS) is 14.9. The molecule has 29 heavy (non-hydrogen) atoms. The number of nitrogens with one attached hydrogen (secondary N) is 1. The number of aliphatic imine (C=N–C) groups is 1. The molecule has 1 N–H and O–H groups in total. The van der Waals surface area contributed by atoms with Gasteiger partial charge in [-0.25, -0.2) is 4.98 Å². The minimum absolute atomic E-state index is 0. The number of halogens is 1. The number of guanidine groups is 1. The van der Waals surface area contributed by atoms with Gasteiger partial charge in [0.05, 0.1) is 0 Å². The van der Waals surface area contributed by atoms with E-state index in [1.54, 1.807) is 0 Å². The lowest BCUT2D eigenvalue weighted by Crippen LogP contribution is -2.52. The van der Waals surface area contributed by atoms with Crippen molar-refractivity contribution in [1.29, 1.82) is 0 Å². The Hall–Kier alpha value is -1.46. The largest absolute Gasteiger partial charge is 0.352 e. The van der Waals surface area contributed by atoms with Crippen LogP contribution in [0.4, 0.5) is 5.13 Å². The van der Waals surface area contributed by atoms with Crippen LogP contribution in [0.2, 0.25) is 0 Å². The number of anilines is 1. The van der Waals surface area contributed by atoms with E-state index in [9.17, 15) is 0 Å². The van der Waals surface area contributed by atoms with E-state index in [-0.39, 0.29) is 24.0 Å². The summed E-state index contributed by atoms with van der Waals surface area (Å²) in [5.41, 5.74) is 2.67. The number of aromatic nitrogens is 2. The van der Waals surface area contributed by atoms with E-state index in [0.29, 0.717) is 0 Å². The van der Waals surface area contributed by atoms with Crippen LogP contribution in [0.15, 0.2) is 29.3 Å². The third-order valence-corrected chi connectivity index (χ3v) is 5.69. The Morgan fingerprint density at radius 3 is 2.45 bits per heavy atom. The minimum atomic E-state index is 0. The van der Waals surface area contributed by atoms with E-state index < -0.39 is 0 Å². The molecule has 1 fully saturated rings. The lowest BCUT2D eigenvalue weighted by atomic mass is 10.1. The summed E-state index contributed by atoms with van der Waals surface area (Å²) >= 11 is 1.51. The maximum Gasteiger partial charge on any atom is 0.205 e. The minimum Gasteiger partial charge on any atom is -0.352 e. The maximum atomic E-state index is 4.62. The summed E-state index contributed by atoms with van der Waals surface area (Å²) in [4.78, 5) is 16.0. The zero-order valence-corrected chi connectivity index (χ0v) is 20.9. The molecular weight excluding hydrogens is 497 g/mol. The third kappa shape index (κ3) is 6.51. The molecule has 3 rings (SSSR count). The van der Waals surface area contributed by atoms with Crippen LogP contribution in [0, 0.1) is 0 Å². The molecule has 0 unspecified atom stereocenters. The highest BCUT2D eigenvalue weighted by Gasteiger charge is 2.22. The van der Waals surface area contributed by atoms with Crippen LogP contribution in [0.1, 0.15) is 23.9 Å². The smallest absolute Gasteiger partial charge is 0.205 e. The lowest BCUT2D eigenvalue weighted by molar-refractivity contribution is 0.371. The van der Waals surface area contributed by atoms with Gasteiger partial charge in [0.1, 0.15) is 5.82 Å². The number of hydrogen-bond donors (Lipinski definition) is 1. The van der Waals surface area contributed by atoms with Crippen LogP contribution in [0.3, 0.4) is 0 Å². The van der Waals surface area contributed by atoms with E-state index >= 15 is 0 Å². The summed E-state index contributed by atoms with van der Waals surface area (Å²) in [6.45, 7) is 7.56. The molecule has 7 nitrogen and oxygen atoms in total. The van der Waals surface area contributed by atoms with Crippen LogP contribution in [0.25, 0.3) is 0 Å². The van der Waals surface area contributed by atoms with Gasteiger partial charge in [0.15, 0.2) is 5.96 Å². The van der Waals surface area contributed by atoms with Crippen molar-refractivity contribution in [2.75, 3.05) is 52.2 Å². The molecule has 0 bridgehead atoms. The molecule has 0 spiro atoms. The summed E-state index contributed by atoms with van der Waals surface area (Å²) in [5, 5.41) is 4.59. The topological polar surface area (TPSA) is 59.9 Å². The highest BCUT2D eigenvalue weighted by molar-refractivity contribution is 14.0. The number of nitrogens with zero attached hydrogens (tertiary/aromatic N) is 6. The molecule has 0 saturated carbocycles. The van der Waals surface area contributed by atoms with E-state index in [4.69, 9.17) is 0 Å². The second kappa shape index (κ2) is 11.7. The van der Waals surface area contributed by atoms with Gasteiger partial charge in [-0.15, -0.1) is 24.0 Å². The molecule has 1 aliphatic heterocycles. The van der Waals surface area contributed by atoms with Crippen molar-refractivity contribution >= 4 is 46.6 Å². The van der Waals surface area contributed by atoms with Gasteiger partial charge in [-0.2, -0.15) is 4.37 Å². The van der Waals surface area contributed by atoms with Crippen molar-refractivity contribution in [1.82, 2.24) is 24.5 Å². The SMILES string of the molecule is CCc1nsc(N2CCN(C(=NC)NCc3ccccc3CN(C)C)CC2)n1.I. The van der Waals surface area contributed by atoms with Gasteiger partial charge < -0.3 is 20.0 Å². The predicted octanol–water partition coefficient (Wildman–Crippen LogP) is 2.68. The van der Waals surface area contributed by atoms with Crippen LogP contribution < -0.4 is 10.2 Å². The summed E-state index contributed by atoms with van der Waals surface area (Å²) in [5.74, 6) is 1.90. The Kier molecular flexibility index (Phi) is 9.57. The first-order valence-corrected chi connectivity index (χ1v) is 10.6.